The Labute approximate surface area is 163 Å². The number of hydrogen-bond donors (Lipinski definition) is 1. The Balaban J connectivity index is 1.37. The van der Waals surface area contributed by atoms with E-state index < -0.39 is 0 Å². The molecule has 2 aromatic heterocycles. The fraction of sp³-hybridized carbons (Fsp3) is 0.381. The van der Waals surface area contributed by atoms with Gasteiger partial charge in [0.2, 0.25) is 17.6 Å². The van der Waals surface area contributed by atoms with Crippen molar-refractivity contribution in [2.45, 2.75) is 32.2 Å². The number of carbonyl (C=O) groups excluding carboxylic acids is 1. The Kier molecular flexibility index (Phi) is 5.53. The second kappa shape index (κ2) is 8.39. The number of benzene rings is 1. The average Bonchev–Trinajstić information content (AvgIpc) is 3.46. The molecule has 7 nitrogen and oxygen atoms in total. The summed E-state index contributed by atoms with van der Waals surface area (Å²) in [6.07, 6.45) is 4.08. The molecule has 1 unspecified atom stereocenters. The fourth-order valence-electron chi connectivity index (χ4n) is 3.61. The summed E-state index contributed by atoms with van der Waals surface area (Å²) in [5, 5.41) is 7.00. The number of likely N-dealkylation sites (tertiary alicyclic amines) is 1. The molecule has 28 heavy (non-hydrogen) atoms. The third kappa shape index (κ3) is 4.14. The number of rotatable bonds is 7. The minimum absolute atomic E-state index is 0.0478. The summed E-state index contributed by atoms with van der Waals surface area (Å²) < 4.78 is 10.9. The van der Waals surface area contributed by atoms with Gasteiger partial charge in [-0.25, -0.2) is 0 Å². The smallest absolute Gasteiger partial charge is 0.236 e. The standard InChI is InChI=1S/C21H24N4O3/c1-15-7-2-3-8-16(15)21-23-20(28-24-21)13-19(26)22-14-17(18-9-6-12-27-18)25-10-4-5-11-25/h2-3,6-9,12,17H,4-5,10-11,13-14H2,1H3,(H,22,26). The first-order valence-corrected chi connectivity index (χ1v) is 9.63. The molecule has 0 aliphatic carbocycles. The molecule has 1 N–H and O–H groups in total. The third-order valence-corrected chi connectivity index (χ3v) is 5.11. The SMILES string of the molecule is Cc1ccccc1-c1noc(CC(=O)NCC(c2ccco2)N2CCCC2)n1. The van der Waals surface area contributed by atoms with E-state index in [1.807, 2.05) is 43.3 Å². The van der Waals surface area contributed by atoms with Gasteiger partial charge in [0, 0.05) is 12.1 Å². The molecule has 146 valence electrons. The predicted molar refractivity (Wildman–Crippen MR) is 103 cm³/mol. The fourth-order valence-corrected chi connectivity index (χ4v) is 3.61. The van der Waals surface area contributed by atoms with Crippen molar-refractivity contribution in [3.05, 3.63) is 59.9 Å². The second-order valence-corrected chi connectivity index (χ2v) is 7.08. The maximum atomic E-state index is 12.4. The lowest BCUT2D eigenvalue weighted by molar-refractivity contribution is -0.121. The minimum Gasteiger partial charge on any atom is -0.468 e. The van der Waals surface area contributed by atoms with Crippen molar-refractivity contribution in [1.29, 1.82) is 0 Å². The van der Waals surface area contributed by atoms with Gasteiger partial charge in [0.15, 0.2) is 0 Å². The first-order chi connectivity index (χ1) is 13.7. The van der Waals surface area contributed by atoms with Crippen LogP contribution in [0.5, 0.6) is 0 Å². The number of nitrogens with one attached hydrogen (secondary N) is 1. The van der Waals surface area contributed by atoms with Crippen LogP contribution < -0.4 is 5.32 Å². The Morgan fingerprint density at radius 1 is 1.21 bits per heavy atom. The van der Waals surface area contributed by atoms with Crippen LogP contribution >= 0.6 is 0 Å². The summed E-state index contributed by atoms with van der Waals surface area (Å²) in [7, 11) is 0. The molecule has 0 radical (unpaired) electrons. The van der Waals surface area contributed by atoms with Gasteiger partial charge in [-0.05, 0) is 50.6 Å². The van der Waals surface area contributed by atoms with Crippen LogP contribution in [0.2, 0.25) is 0 Å². The molecule has 3 aromatic rings. The van der Waals surface area contributed by atoms with Crippen molar-refractivity contribution in [2.24, 2.45) is 0 Å². The third-order valence-electron chi connectivity index (χ3n) is 5.11. The van der Waals surface area contributed by atoms with Gasteiger partial charge in [-0.1, -0.05) is 29.4 Å². The molecular weight excluding hydrogens is 356 g/mol. The minimum atomic E-state index is -0.143. The van der Waals surface area contributed by atoms with Crippen LogP contribution in [-0.2, 0) is 11.2 Å². The molecule has 0 spiro atoms. The van der Waals surface area contributed by atoms with Gasteiger partial charge in [0.1, 0.15) is 12.2 Å². The van der Waals surface area contributed by atoms with E-state index in [1.54, 1.807) is 6.26 Å². The topological polar surface area (TPSA) is 84.4 Å². The molecule has 7 heteroatoms. The van der Waals surface area contributed by atoms with E-state index >= 15 is 0 Å². The Morgan fingerprint density at radius 3 is 2.79 bits per heavy atom. The van der Waals surface area contributed by atoms with Gasteiger partial charge in [-0.15, -0.1) is 0 Å². The number of carbonyl (C=O) groups is 1. The van der Waals surface area contributed by atoms with Crippen LogP contribution in [0.25, 0.3) is 11.4 Å². The highest BCUT2D eigenvalue weighted by atomic mass is 16.5. The molecule has 3 heterocycles. The van der Waals surface area contributed by atoms with Gasteiger partial charge < -0.3 is 14.3 Å². The van der Waals surface area contributed by atoms with Gasteiger partial charge in [-0.3, -0.25) is 9.69 Å². The monoisotopic (exact) mass is 380 g/mol. The highest BCUT2D eigenvalue weighted by Gasteiger charge is 2.26. The van der Waals surface area contributed by atoms with E-state index in [4.69, 9.17) is 8.94 Å². The lowest BCUT2D eigenvalue weighted by Crippen LogP contribution is -2.37. The summed E-state index contributed by atoms with van der Waals surface area (Å²) in [6.45, 7) is 4.52. The molecule has 1 aliphatic rings. The zero-order valence-electron chi connectivity index (χ0n) is 15.9. The molecule has 1 fully saturated rings. The van der Waals surface area contributed by atoms with Gasteiger partial charge in [0.05, 0.1) is 12.3 Å². The molecule has 1 aromatic carbocycles. The van der Waals surface area contributed by atoms with Crippen molar-refractivity contribution in [2.75, 3.05) is 19.6 Å². The van der Waals surface area contributed by atoms with E-state index in [-0.39, 0.29) is 18.4 Å². The molecule has 1 amide bonds. The molecule has 0 saturated carbocycles. The quantitative estimate of drug-likeness (QED) is 0.678. The molecule has 0 bridgehead atoms. The average molecular weight is 380 g/mol. The number of nitrogens with zero attached hydrogens (tertiary/aromatic N) is 3. The Morgan fingerprint density at radius 2 is 2.04 bits per heavy atom. The van der Waals surface area contributed by atoms with Gasteiger partial charge in [-0.2, -0.15) is 4.98 Å². The zero-order valence-corrected chi connectivity index (χ0v) is 15.9. The summed E-state index contributed by atoms with van der Waals surface area (Å²) in [6, 6.07) is 11.7. The van der Waals surface area contributed by atoms with Crippen molar-refractivity contribution < 1.29 is 13.7 Å². The van der Waals surface area contributed by atoms with Crippen molar-refractivity contribution in [3.63, 3.8) is 0 Å². The molecule has 4 rings (SSSR count). The summed E-state index contributed by atoms with van der Waals surface area (Å²) in [4.78, 5) is 19.1. The number of aryl methyl sites for hydroxylation is 1. The van der Waals surface area contributed by atoms with Crippen LogP contribution in [0.4, 0.5) is 0 Å². The highest BCUT2D eigenvalue weighted by molar-refractivity contribution is 5.77. The number of amides is 1. The number of furan rings is 1. The maximum absolute atomic E-state index is 12.4. The summed E-state index contributed by atoms with van der Waals surface area (Å²) in [5.74, 6) is 1.55. The Bertz CT molecular complexity index is 913. The molecule has 1 atom stereocenters. The zero-order chi connectivity index (χ0) is 19.3. The van der Waals surface area contributed by atoms with E-state index in [1.165, 1.54) is 12.8 Å². The van der Waals surface area contributed by atoms with E-state index in [9.17, 15) is 4.79 Å². The van der Waals surface area contributed by atoms with Crippen molar-refractivity contribution >= 4 is 5.91 Å². The lowest BCUT2D eigenvalue weighted by Gasteiger charge is -2.25. The largest absolute Gasteiger partial charge is 0.468 e. The van der Waals surface area contributed by atoms with Crippen LogP contribution in [0, 0.1) is 6.92 Å². The molecular formula is C21H24N4O3. The van der Waals surface area contributed by atoms with Gasteiger partial charge >= 0.3 is 0 Å². The first-order valence-electron chi connectivity index (χ1n) is 9.63. The lowest BCUT2D eigenvalue weighted by atomic mass is 10.1. The van der Waals surface area contributed by atoms with Gasteiger partial charge in [0.25, 0.3) is 0 Å². The van der Waals surface area contributed by atoms with E-state index in [2.05, 4.69) is 20.4 Å². The normalized spacial score (nSPS) is 15.6. The number of aromatic nitrogens is 2. The summed E-state index contributed by atoms with van der Waals surface area (Å²) in [5.41, 5.74) is 1.97. The molecule has 1 aliphatic heterocycles. The first kappa shape index (κ1) is 18.4. The molecule has 1 saturated heterocycles. The number of hydrogen-bond acceptors (Lipinski definition) is 6. The van der Waals surface area contributed by atoms with Crippen molar-refractivity contribution in [3.8, 4) is 11.4 Å². The second-order valence-electron chi connectivity index (χ2n) is 7.08. The highest BCUT2D eigenvalue weighted by Crippen LogP contribution is 2.25. The summed E-state index contributed by atoms with van der Waals surface area (Å²) >= 11 is 0. The Hall–Kier alpha value is -2.93. The van der Waals surface area contributed by atoms with Crippen LogP contribution in [0.1, 0.15) is 36.1 Å². The maximum Gasteiger partial charge on any atom is 0.236 e. The van der Waals surface area contributed by atoms with Crippen LogP contribution in [0.15, 0.2) is 51.6 Å². The van der Waals surface area contributed by atoms with Crippen LogP contribution in [0.3, 0.4) is 0 Å². The van der Waals surface area contributed by atoms with E-state index in [0.29, 0.717) is 18.3 Å². The van der Waals surface area contributed by atoms with Crippen molar-refractivity contribution in [1.82, 2.24) is 20.4 Å². The van der Waals surface area contributed by atoms with Crippen LogP contribution in [-0.4, -0.2) is 40.6 Å². The van der Waals surface area contributed by atoms with E-state index in [0.717, 1.165) is 30.0 Å². The predicted octanol–water partition coefficient (Wildman–Crippen LogP) is 3.13.